The molecule has 1 heteroatoms. The summed E-state index contributed by atoms with van der Waals surface area (Å²) in [6.45, 7) is 13.2. The maximum Gasteiger partial charge on any atom is 3.00 e. The first-order chi connectivity index (χ1) is 11.4. The van der Waals surface area contributed by atoms with Gasteiger partial charge in [-0.2, -0.15) is 53.1 Å². The van der Waals surface area contributed by atoms with Crippen LogP contribution in [-0.2, 0) is 0 Å². The van der Waals surface area contributed by atoms with Crippen LogP contribution in [0.4, 0.5) is 0 Å². The molecule has 0 bridgehead atoms. The Balaban J connectivity index is 0.000000339. The standard InChI is InChI=1S/3C8H11.Dy/c3*1-7(2)8-5-3-4-6-8;/h3*3-7H,1-2H3;/q3*-1;+3. The van der Waals surface area contributed by atoms with E-state index in [1.54, 1.807) is 0 Å². The summed E-state index contributed by atoms with van der Waals surface area (Å²) in [5.41, 5.74) is 4.31. The van der Waals surface area contributed by atoms with Crippen LogP contribution >= 0.6 is 0 Å². The summed E-state index contributed by atoms with van der Waals surface area (Å²) in [7, 11) is 0. The van der Waals surface area contributed by atoms with Crippen LogP contribution in [0.25, 0.3) is 0 Å². The molecule has 0 aromatic heterocycles. The monoisotopic (exact) mass is 485 g/mol. The van der Waals surface area contributed by atoms with Crippen LogP contribution in [0.5, 0.6) is 0 Å². The molecule has 0 saturated carbocycles. The Bertz CT molecular complexity index is 502. The SMILES string of the molecule is CC(C)c1ccc[cH-]1.CC(C)c1ccc[cH-]1.CC(C)c1ccc[cH-]1.[Dy+3]. The van der Waals surface area contributed by atoms with Gasteiger partial charge in [0.25, 0.3) is 0 Å². The number of rotatable bonds is 3. The largest absolute Gasteiger partial charge is 3.00 e. The first-order valence-corrected chi connectivity index (χ1v) is 9.06. The van der Waals surface area contributed by atoms with Gasteiger partial charge in [-0.1, -0.05) is 41.5 Å². The fraction of sp³-hybridized carbons (Fsp3) is 0.375. The second-order valence-electron chi connectivity index (χ2n) is 7.12. The van der Waals surface area contributed by atoms with E-state index < -0.39 is 0 Å². The van der Waals surface area contributed by atoms with Crippen molar-refractivity contribution in [1.82, 2.24) is 0 Å². The van der Waals surface area contributed by atoms with Gasteiger partial charge >= 0.3 is 38.2 Å². The van der Waals surface area contributed by atoms with E-state index in [1.165, 1.54) is 16.7 Å². The molecule has 0 unspecified atom stereocenters. The summed E-state index contributed by atoms with van der Waals surface area (Å²) in [5.74, 6) is 2.06. The van der Waals surface area contributed by atoms with Crippen LogP contribution in [0.1, 0.15) is 76.0 Å². The van der Waals surface area contributed by atoms with Gasteiger partial charge in [-0.15, -0.1) is 0 Å². The number of hydrogen-bond donors (Lipinski definition) is 0. The Hall–Kier alpha value is -0.677. The summed E-state index contributed by atoms with van der Waals surface area (Å²) >= 11 is 0. The third kappa shape index (κ3) is 10.1. The van der Waals surface area contributed by atoms with Crippen LogP contribution in [0.3, 0.4) is 0 Å². The summed E-state index contributed by atoms with van der Waals surface area (Å²) in [5, 5.41) is 0. The molecule has 1 radical (unpaired) electrons. The zero-order chi connectivity index (χ0) is 17.9. The molecule has 0 saturated heterocycles. The van der Waals surface area contributed by atoms with Crippen molar-refractivity contribution in [3.05, 3.63) is 89.5 Å². The minimum Gasteiger partial charge on any atom is -0.213 e. The minimum absolute atomic E-state index is 0. The molecule has 0 aliphatic carbocycles. The molecule has 0 nitrogen and oxygen atoms in total. The fourth-order valence-corrected chi connectivity index (χ4v) is 2.32. The molecule has 3 rings (SSSR count). The van der Waals surface area contributed by atoms with Crippen LogP contribution < -0.4 is 0 Å². The molecule has 0 aliphatic heterocycles. The average molecular weight is 484 g/mol. The van der Waals surface area contributed by atoms with Gasteiger partial charge in [-0.05, 0) is 17.8 Å². The van der Waals surface area contributed by atoms with Crippen molar-refractivity contribution in [2.45, 2.75) is 59.3 Å². The van der Waals surface area contributed by atoms with Gasteiger partial charge in [0.15, 0.2) is 0 Å². The van der Waals surface area contributed by atoms with Gasteiger partial charge in [0.05, 0.1) is 0 Å². The molecule has 3 aromatic carbocycles. The molecule has 3 aromatic rings. The van der Waals surface area contributed by atoms with E-state index in [1.807, 2.05) is 0 Å². The number of hydrogen-bond acceptors (Lipinski definition) is 0. The van der Waals surface area contributed by atoms with Crippen LogP contribution in [0.15, 0.2) is 72.8 Å². The average Bonchev–Trinajstić information content (AvgIpc) is 3.29. The molecule has 0 atom stereocenters. The third-order valence-corrected chi connectivity index (χ3v) is 4.07. The molecule has 25 heavy (non-hydrogen) atoms. The summed E-state index contributed by atoms with van der Waals surface area (Å²) < 4.78 is 0. The minimum atomic E-state index is 0. The predicted molar refractivity (Wildman–Crippen MR) is 108 cm³/mol. The summed E-state index contributed by atoms with van der Waals surface area (Å²) in [4.78, 5) is 0. The zero-order valence-electron chi connectivity index (χ0n) is 16.5. The van der Waals surface area contributed by atoms with E-state index >= 15 is 0 Å². The summed E-state index contributed by atoms with van der Waals surface area (Å²) in [6.07, 6.45) is 0. The zero-order valence-corrected chi connectivity index (χ0v) is 18.5. The molecule has 0 N–H and O–H groups in total. The Morgan fingerprint density at radius 2 is 0.760 bits per heavy atom. The third-order valence-electron chi connectivity index (χ3n) is 4.07. The molecule has 0 aliphatic rings. The molecular formula is C24H33Dy. The fourth-order valence-electron chi connectivity index (χ4n) is 2.32. The van der Waals surface area contributed by atoms with E-state index in [2.05, 4.69) is 114 Å². The van der Waals surface area contributed by atoms with Crippen molar-refractivity contribution in [1.29, 1.82) is 0 Å². The van der Waals surface area contributed by atoms with Crippen LogP contribution in [0.2, 0.25) is 0 Å². The van der Waals surface area contributed by atoms with E-state index in [4.69, 9.17) is 0 Å². The van der Waals surface area contributed by atoms with E-state index in [9.17, 15) is 0 Å². The molecular weight excluding hydrogens is 451 g/mol. The second kappa shape index (κ2) is 13.5. The van der Waals surface area contributed by atoms with Gasteiger partial charge in [-0.25, -0.2) is 36.4 Å². The van der Waals surface area contributed by atoms with Gasteiger partial charge in [0, 0.05) is 0 Å². The first kappa shape index (κ1) is 24.3. The second-order valence-corrected chi connectivity index (χ2v) is 7.12. The van der Waals surface area contributed by atoms with Crippen molar-refractivity contribution < 1.29 is 38.2 Å². The smallest absolute Gasteiger partial charge is 0.213 e. The predicted octanol–water partition coefficient (Wildman–Crippen LogP) is 7.59. The van der Waals surface area contributed by atoms with Crippen molar-refractivity contribution in [3.8, 4) is 0 Å². The van der Waals surface area contributed by atoms with Crippen molar-refractivity contribution >= 4 is 0 Å². The normalized spacial score (nSPS) is 9.96. The van der Waals surface area contributed by atoms with Gasteiger partial charge in [0.2, 0.25) is 0 Å². The van der Waals surface area contributed by atoms with Crippen LogP contribution in [0, 0.1) is 38.2 Å². The summed E-state index contributed by atoms with van der Waals surface area (Å²) in [6, 6.07) is 25.4. The van der Waals surface area contributed by atoms with Crippen LogP contribution in [-0.4, -0.2) is 0 Å². The van der Waals surface area contributed by atoms with Gasteiger partial charge in [-0.3, -0.25) is 0 Å². The molecule has 0 amide bonds. The van der Waals surface area contributed by atoms with Gasteiger partial charge < -0.3 is 0 Å². The Morgan fingerprint density at radius 3 is 0.840 bits per heavy atom. The van der Waals surface area contributed by atoms with Gasteiger partial charge in [0.1, 0.15) is 0 Å². The van der Waals surface area contributed by atoms with Crippen molar-refractivity contribution in [2.75, 3.05) is 0 Å². The van der Waals surface area contributed by atoms with E-state index in [-0.39, 0.29) is 38.2 Å². The molecule has 0 heterocycles. The Kier molecular flexibility index (Phi) is 13.2. The maximum absolute atomic E-state index is 2.20. The Morgan fingerprint density at radius 1 is 0.520 bits per heavy atom. The topological polar surface area (TPSA) is 0 Å². The van der Waals surface area contributed by atoms with Crippen molar-refractivity contribution in [2.24, 2.45) is 0 Å². The van der Waals surface area contributed by atoms with Crippen molar-refractivity contribution in [3.63, 3.8) is 0 Å². The molecule has 0 fully saturated rings. The quantitative estimate of drug-likeness (QED) is 0.337. The van der Waals surface area contributed by atoms with E-state index in [0.29, 0.717) is 17.8 Å². The van der Waals surface area contributed by atoms with E-state index in [0.717, 1.165) is 0 Å². The first-order valence-electron chi connectivity index (χ1n) is 9.06. The maximum atomic E-state index is 2.20. The molecule has 0 spiro atoms. The molecule has 139 valence electrons. The Labute approximate surface area is 185 Å².